The van der Waals surface area contributed by atoms with Crippen LogP contribution in [-0.4, -0.2) is 41.1 Å². The van der Waals surface area contributed by atoms with Crippen molar-refractivity contribution in [2.45, 2.75) is 38.1 Å². The van der Waals surface area contributed by atoms with E-state index in [0.717, 1.165) is 17.4 Å². The van der Waals surface area contributed by atoms with Crippen molar-refractivity contribution in [2.75, 3.05) is 19.6 Å². The van der Waals surface area contributed by atoms with Gasteiger partial charge in [-0.2, -0.15) is 0 Å². The van der Waals surface area contributed by atoms with Gasteiger partial charge < -0.3 is 14.8 Å². The third-order valence-electron chi connectivity index (χ3n) is 5.99. The van der Waals surface area contributed by atoms with E-state index in [0.29, 0.717) is 22.7 Å². The van der Waals surface area contributed by atoms with E-state index >= 15 is 0 Å². The number of nitrogens with zero attached hydrogens (tertiary/aromatic N) is 2. The summed E-state index contributed by atoms with van der Waals surface area (Å²) in [5.41, 5.74) is 1.74. The Labute approximate surface area is 154 Å². The molecule has 3 heterocycles. The molecule has 134 valence electrons. The Hall–Kier alpha value is -1.52. The van der Waals surface area contributed by atoms with Crippen LogP contribution >= 0.6 is 11.6 Å². The molecule has 2 atom stereocenters. The van der Waals surface area contributed by atoms with Crippen LogP contribution in [0.4, 0.5) is 0 Å². The van der Waals surface area contributed by atoms with Crippen LogP contribution < -0.4 is 5.32 Å². The van der Waals surface area contributed by atoms with Crippen molar-refractivity contribution in [3.05, 3.63) is 35.0 Å². The predicted octanol–water partition coefficient (Wildman–Crippen LogP) is 3.83. The van der Waals surface area contributed by atoms with Gasteiger partial charge in [-0.1, -0.05) is 18.0 Å². The number of aromatic nitrogens is 1. The lowest BCUT2D eigenvalue weighted by molar-refractivity contribution is 0.0574. The number of fused-ring (bicyclic) bond motifs is 2. The van der Waals surface area contributed by atoms with Crippen molar-refractivity contribution in [3.8, 4) is 0 Å². The highest BCUT2D eigenvalue weighted by atomic mass is 35.5. The first-order valence-electron chi connectivity index (χ1n) is 9.41. The van der Waals surface area contributed by atoms with Crippen LogP contribution in [0.3, 0.4) is 0 Å². The number of aryl methyl sites for hydroxylation is 1. The lowest BCUT2D eigenvalue weighted by atomic mass is 9.83. The molecule has 25 heavy (non-hydrogen) atoms. The Bertz CT molecular complexity index is 783. The topological polar surface area (TPSA) is 37.3 Å². The number of amides is 1. The molecule has 1 aromatic carbocycles. The van der Waals surface area contributed by atoms with Crippen LogP contribution in [0.1, 0.15) is 42.6 Å². The minimum absolute atomic E-state index is 0.0164. The fourth-order valence-corrected chi connectivity index (χ4v) is 4.85. The number of nitrogens with one attached hydrogen (secondary N) is 1. The van der Waals surface area contributed by atoms with Crippen molar-refractivity contribution in [2.24, 2.45) is 13.0 Å². The zero-order valence-electron chi connectivity index (χ0n) is 14.8. The van der Waals surface area contributed by atoms with E-state index < -0.39 is 0 Å². The van der Waals surface area contributed by atoms with Crippen LogP contribution in [-0.2, 0) is 7.05 Å². The fourth-order valence-electron chi connectivity index (χ4n) is 4.67. The third kappa shape index (κ3) is 3.30. The lowest BCUT2D eigenvalue weighted by Crippen LogP contribution is -2.51. The van der Waals surface area contributed by atoms with Gasteiger partial charge in [-0.3, -0.25) is 4.79 Å². The van der Waals surface area contributed by atoms with Gasteiger partial charge in [-0.05, 0) is 69.0 Å². The van der Waals surface area contributed by atoms with Gasteiger partial charge in [0.2, 0.25) is 0 Å². The van der Waals surface area contributed by atoms with E-state index in [1.165, 1.54) is 45.2 Å². The van der Waals surface area contributed by atoms with Crippen LogP contribution in [0.25, 0.3) is 10.9 Å². The maximum atomic E-state index is 12.7. The van der Waals surface area contributed by atoms with E-state index in [4.69, 9.17) is 11.6 Å². The molecule has 4 rings (SSSR count). The second-order valence-electron chi connectivity index (χ2n) is 7.50. The molecule has 0 spiro atoms. The molecule has 2 fully saturated rings. The highest BCUT2D eigenvalue weighted by Crippen LogP contribution is 2.30. The molecule has 2 aliphatic heterocycles. The summed E-state index contributed by atoms with van der Waals surface area (Å²) in [6.45, 7) is 3.25. The lowest BCUT2D eigenvalue weighted by Gasteiger charge is -2.44. The Morgan fingerprint density at radius 2 is 2.04 bits per heavy atom. The number of hydrogen-bond donors (Lipinski definition) is 1. The molecule has 2 aromatic rings. The number of rotatable bonds is 3. The van der Waals surface area contributed by atoms with Crippen molar-refractivity contribution < 1.29 is 4.79 Å². The summed E-state index contributed by atoms with van der Waals surface area (Å²) in [5, 5.41) is 4.91. The fraction of sp³-hybridized carbons (Fsp3) is 0.550. The number of carbonyl (C=O) groups excluding carboxylic acids is 1. The van der Waals surface area contributed by atoms with Crippen LogP contribution in [0.15, 0.2) is 24.3 Å². The molecule has 0 radical (unpaired) electrons. The van der Waals surface area contributed by atoms with E-state index in [2.05, 4.69) is 10.2 Å². The van der Waals surface area contributed by atoms with Crippen molar-refractivity contribution in [1.29, 1.82) is 0 Å². The van der Waals surface area contributed by atoms with Gasteiger partial charge in [-0.15, -0.1) is 0 Å². The molecular formula is C20H26ClN3O. The highest BCUT2D eigenvalue weighted by Gasteiger charge is 2.33. The number of halogens is 1. The van der Waals surface area contributed by atoms with Crippen molar-refractivity contribution in [3.63, 3.8) is 0 Å². The van der Waals surface area contributed by atoms with Gasteiger partial charge in [0.25, 0.3) is 5.91 Å². The number of hydrogen-bond acceptors (Lipinski definition) is 2. The van der Waals surface area contributed by atoms with E-state index in [1.54, 1.807) is 0 Å². The van der Waals surface area contributed by atoms with Crippen molar-refractivity contribution in [1.82, 2.24) is 14.8 Å². The van der Waals surface area contributed by atoms with Gasteiger partial charge in [0.1, 0.15) is 5.69 Å². The summed E-state index contributed by atoms with van der Waals surface area (Å²) in [4.78, 5) is 15.4. The zero-order valence-corrected chi connectivity index (χ0v) is 15.6. The summed E-state index contributed by atoms with van der Waals surface area (Å²) in [5.74, 6) is 0.602. The van der Waals surface area contributed by atoms with Gasteiger partial charge in [0.05, 0.1) is 0 Å². The van der Waals surface area contributed by atoms with Gasteiger partial charge in [0, 0.05) is 35.6 Å². The average Bonchev–Trinajstić information content (AvgIpc) is 2.95. The van der Waals surface area contributed by atoms with E-state index in [-0.39, 0.29) is 5.91 Å². The first kappa shape index (κ1) is 16.9. The Kier molecular flexibility index (Phi) is 4.74. The molecule has 5 heteroatoms. The quantitative estimate of drug-likeness (QED) is 0.904. The third-order valence-corrected chi connectivity index (χ3v) is 6.23. The molecule has 0 aliphatic carbocycles. The summed E-state index contributed by atoms with van der Waals surface area (Å²) in [6, 6.07) is 8.34. The normalized spacial score (nSPS) is 24.2. The summed E-state index contributed by atoms with van der Waals surface area (Å²) in [7, 11) is 1.94. The Balaban J connectivity index is 1.46. The molecule has 2 saturated heterocycles. The molecular weight excluding hydrogens is 334 g/mol. The molecule has 1 aromatic heterocycles. The molecule has 1 amide bonds. The van der Waals surface area contributed by atoms with Crippen molar-refractivity contribution >= 4 is 28.4 Å². The predicted molar refractivity (Wildman–Crippen MR) is 102 cm³/mol. The van der Waals surface area contributed by atoms with Gasteiger partial charge >= 0.3 is 0 Å². The first-order valence-corrected chi connectivity index (χ1v) is 9.78. The zero-order chi connectivity index (χ0) is 17.4. The number of carbonyl (C=O) groups is 1. The smallest absolute Gasteiger partial charge is 0.267 e. The number of benzene rings is 1. The SMILES string of the molecule is Cn1c(C(=O)NCC2CCCN3CCCCC23)cc2cc(Cl)ccc21. The second kappa shape index (κ2) is 7.00. The molecule has 0 saturated carbocycles. The highest BCUT2D eigenvalue weighted by molar-refractivity contribution is 6.31. The summed E-state index contributed by atoms with van der Waals surface area (Å²) in [6.07, 6.45) is 6.42. The van der Waals surface area contributed by atoms with E-state index in [1.807, 2.05) is 35.9 Å². The summed E-state index contributed by atoms with van der Waals surface area (Å²) >= 11 is 6.07. The standard InChI is InChI=1S/C20H26ClN3O/c1-23-17-8-7-16(21)11-15(17)12-19(23)20(25)22-13-14-5-4-10-24-9-3-2-6-18(14)24/h7-8,11-12,14,18H,2-6,9-10,13H2,1H3,(H,22,25). The largest absolute Gasteiger partial charge is 0.350 e. The van der Waals surface area contributed by atoms with E-state index in [9.17, 15) is 4.79 Å². The molecule has 2 aliphatic rings. The average molecular weight is 360 g/mol. The molecule has 4 nitrogen and oxygen atoms in total. The molecule has 2 unspecified atom stereocenters. The Morgan fingerprint density at radius 1 is 1.20 bits per heavy atom. The summed E-state index contributed by atoms with van der Waals surface area (Å²) < 4.78 is 1.95. The minimum Gasteiger partial charge on any atom is -0.350 e. The molecule has 0 bridgehead atoms. The van der Waals surface area contributed by atoms with Crippen LogP contribution in [0, 0.1) is 5.92 Å². The first-order chi connectivity index (χ1) is 12.1. The van der Waals surface area contributed by atoms with Gasteiger partial charge in [-0.25, -0.2) is 0 Å². The maximum Gasteiger partial charge on any atom is 0.267 e. The van der Waals surface area contributed by atoms with Gasteiger partial charge in [0.15, 0.2) is 0 Å². The maximum absolute atomic E-state index is 12.7. The minimum atomic E-state index is 0.0164. The van der Waals surface area contributed by atoms with Crippen LogP contribution in [0.5, 0.6) is 0 Å². The number of piperidine rings is 2. The molecule has 1 N–H and O–H groups in total. The monoisotopic (exact) mass is 359 g/mol. The Morgan fingerprint density at radius 3 is 2.92 bits per heavy atom. The second-order valence-corrected chi connectivity index (χ2v) is 7.94. The van der Waals surface area contributed by atoms with Crippen LogP contribution in [0.2, 0.25) is 5.02 Å².